The number of para-hydroxylation sites is 2. The summed E-state index contributed by atoms with van der Waals surface area (Å²) in [6, 6.07) is 28.1. The number of benzene rings is 3. The summed E-state index contributed by atoms with van der Waals surface area (Å²) >= 11 is 0. The van der Waals surface area contributed by atoms with Gasteiger partial charge in [0.25, 0.3) is 0 Å². The van der Waals surface area contributed by atoms with Crippen molar-refractivity contribution in [2.24, 2.45) is 11.8 Å². The van der Waals surface area contributed by atoms with Crippen molar-refractivity contribution in [3.63, 3.8) is 0 Å². The number of hydrogen-bond acceptors (Lipinski definition) is 7. The highest BCUT2D eigenvalue weighted by Gasteiger charge is 2.42. The Hall–Kier alpha value is -4.59. The molecule has 0 amide bonds. The van der Waals surface area contributed by atoms with Gasteiger partial charge in [-0.2, -0.15) is 0 Å². The van der Waals surface area contributed by atoms with Gasteiger partial charge in [0.2, 0.25) is 11.8 Å². The molecular weight excluding hydrogens is 584 g/mol. The van der Waals surface area contributed by atoms with Crippen LogP contribution >= 0.6 is 0 Å². The monoisotopic (exact) mass is 626 g/mol. The van der Waals surface area contributed by atoms with Crippen LogP contribution in [0, 0.1) is 25.7 Å². The van der Waals surface area contributed by atoms with Gasteiger partial charge in [0, 0.05) is 47.1 Å². The first-order valence-electron chi connectivity index (χ1n) is 16.7. The van der Waals surface area contributed by atoms with E-state index in [9.17, 15) is 5.11 Å². The van der Waals surface area contributed by atoms with Crippen LogP contribution in [0.2, 0.25) is 0 Å². The second-order valence-electron chi connectivity index (χ2n) is 12.9. The molecule has 9 rings (SSSR count). The zero-order chi connectivity index (χ0) is 32.5. The molecule has 3 aliphatic heterocycles. The maximum atomic E-state index is 11.2. The number of aryl methyl sites for hydroxylation is 2. The van der Waals surface area contributed by atoms with Gasteiger partial charge in [-0.15, -0.1) is 0 Å². The van der Waals surface area contributed by atoms with Crippen LogP contribution in [0.4, 0.5) is 0 Å². The van der Waals surface area contributed by atoms with Crippen molar-refractivity contribution in [3.05, 3.63) is 108 Å². The van der Waals surface area contributed by atoms with Crippen LogP contribution in [0.1, 0.15) is 49.0 Å². The molecule has 47 heavy (non-hydrogen) atoms. The number of piperidine rings is 3. The molecule has 0 spiro atoms. The van der Waals surface area contributed by atoms with Gasteiger partial charge in [0.1, 0.15) is 5.75 Å². The number of pyridine rings is 3. The van der Waals surface area contributed by atoms with Crippen molar-refractivity contribution >= 4 is 32.7 Å². The molecule has 0 aliphatic carbocycles. The van der Waals surface area contributed by atoms with Crippen LogP contribution in [0.5, 0.6) is 17.5 Å². The van der Waals surface area contributed by atoms with Crippen LogP contribution in [-0.2, 0) is 0 Å². The van der Waals surface area contributed by atoms with E-state index in [4.69, 9.17) is 9.47 Å². The van der Waals surface area contributed by atoms with Crippen molar-refractivity contribution in [1.82, 2.24) is 19.9 Å². The number of fused-ring (bicyclic) bond motifs is 6. The molecule has 2 bridgehead atoms. The summed E-state index contributed by atoms with van der Waals surface area (Å²) in [4.78, 5) is 16.1. The fraction of sp³-hybridized carbons (Fsp3) is 0.325. The predicted molar refractivity (Wildman–Crippen MR) is 188 cm³/mol. The minimum absolute atomic E-state index is 0.225. The average Bonchev–Trinajstić information content (AvgIpc) is 3.11. The lowest BCUT2D eigenvalue weighted by atomic mass is 9.72. The highest BCUT2D eigenvalue weighted by Crippen LogP contribution is 2.43. The minimum Gasteiger partial charge on any atom is -0.497 e. The first kappa shape index (κ1) is 31.0. The maximum Gasteiger partial charge on any atom is 0.222 e. The number of hydrogen-bond donors (Lipinski definition) is 1. The first-order chi connectivity index (χ1) is 22.9. The molecule has 3 saturated heterocycles. The summed E-state index contributed by atoms with van der Waals surface area (Å²) < 4.78 is 11.3. The van der Waals surface area contributed by atoms with Crippen molar-refractivity contribution < 1.29 is 14.6 Å². The molecule has 6 aromatic rings. The van der Waals surface area contributed by atoms with E-state index in [0.717, 1.165) is 86.5 Å². The summed E-state index contributed by atoms with van der Waals surface area (Å²) in [5, 5.41) is 14.5. The Kier molecular flexibility index (Phi) is 8.76. The molecule has 5 atom stereocenters. The van der Waals surface area contributed by atoms with E-state index >= 15 is 0 Å². The normalized spacial score (nSPS) is 21.0. The van der Waals surface area contributed by atoms with Crippen LogP contribution in [0.25, 0.3) is 32.7 Å². The van der Waals surface area contributed by atoms with Gasteiger partial charge in [-0.05, 0) is 98.2 Å². The lowest BCUT2D eigenvalue weighted by Crippen LogP contribution is -2.55. The number of aliphatic hydroxyl groups excluding tert-OH is 1. The van der Waals surface area contributed by atoms with Gasteiger partial charge in [0.15, 0.2) is 0 Å². The standard InChI is InChI=1S/C20H26N2O2.C20H16N2O/c1-3-13-12-22-9-7-14(13)10-19(22)20(23)16-6-8-21-18-5-4-15(24-2)11-17(16)18;1-13-11-19(21-17-9-5-3-7-15(13)17)23-20-12-14(2)16-8-4-6-10-18(16)22-20/h4-6,8,11,13-14,19-20,23H,3,7,9-10,12H2,1-2H3;3-12H,1-2H3/t13-,14-,19+,20-;/m0./s1. The first-order valence-corrected chi connectivity index (χ1v) is 16.7. The van der Waals surface area contributed by atoms with Crippen LogP contribution in [0.3, 0.4) is 0 Å². The smallest absolute Gasteiger partial charge is 0.222 e. The summed E-state index contributed by atoms with van der Waals surface area (Å²) in [7, 11) is 1.67. The molecule has 1 N–H and O–H groups in total. The van der Waals surface area contributed by atoms with Crippen molar-refractivity contribution in [2.75, 3.05) is 20.2 Å². The molecule has 240 valence electrons. The molecule has 3 aromatic heterocycles. The topological polar surface area (TPSA) is 80.6 Å². The number of rotatable bonds is 6. The minimum atomic E-state index is -0.469. The van der Waals surface area contributed by atoms with Crippen molar-refractivity contribution in [1.29, 1.82) is 0 Å². The summed E-state index contributed by atoms with van der Waals surface area (Å²) in [6.45, 7) is 8.68. The maximum absolute atomic E-state index is 11.2. The third-order valence-corrected chi connectivity index (χ3v) is 10.1. The number of aromatic nitrogens is 3. The Balaban J connectivity index is 0.000000150. The van der Waals surface area contributed by atoms with E-state index in [1.54, 1.807) is 13.3 Å². The van der Waals surface area contributed by atoms with E-state index in [1.165, 1.54) is 12.8 Å². The van der Waals surface area contributed by atoms with Gasteiger partial charge < -0.3 is 14.6 Å². The summed E-state index contributed by atoms with van der Waals surface area (Å²) in [6.07, 6.45) is 4.97. The molecule has 7 nitrogen and oxygen atoms in total. The van der Waals surface area contributed by atoms with E-state index < -0.39 is 6.10 Å². The van der Waals surface area contributed by atoms with E-state index in [2.05, 4.69) is 52.8 Å². The van der Waals surface area contributed by atoms with Gasteiger partial charge in [-0.25, -0.2) is 9.97 Å². The number of methoxy groups -OCH3 is 1. The number of aliphatic hydroxyl groups is 1. The Morgan fingerprint density at radius 3 is 2.09 bits per heavy atom. The van der Waals surface area contributed by atoms with Crippen molar-refractivity contribution in [3.8, 4) is 17.5 Å². The van der Waals surface area contributed by atoms with Gasteiger partial charge in [-0.3, -0.25) is 9.88 Å². The Bertz CT molecular complexity index is 1960. The highest BCUT2D eigenvalue weighted by molar-refractivity contribution is 5.85. The Labute approximate surface area is 276 Å². The second kappa shape index (κ2) is 13.3. The van der Waals surface area contributed by atoms with Gasteiger partial charge in [0.05, 0.1) is 29.8 Å². The molecule has 0 radical (unpaired) electrons. The molecule has 0 saturated carbocycles. The molecular formula is C40H42N4O3. The number of nitrogens with zero attached hydrogens (tertiary/aromatic N) is 4. The molecule has 3 fully saturated rings. The van der Waals surface area contributed by atoms with E-state index in [1.807, 2.05) is 72.8 Å². The van der Waals surface area contributed by atoms with Gasteiger partial charge >= 0.3 is 0 Å². The third-order valence-electron chi connectivity index (χ3n) is 10.1. The SMILES string of the molecule is CC[C@H]1CN2CC[C@H]1C[C@@H]2[C@@H](O)c1ccnc2ccc(OC)cc12.Cc1cc(Oc2cc(C)c3ccccc3n2)nc2ccccc12. The van der Waals surface area contributed by atoms with Crippen molar-refractivity contribution in [2.45, 2.75) is 52.2 Å². The quantitative estimate of drug-likeness (QED) is 0.198. The van der Waals surface area contributed by atoms with Crippen LogP contribution in [0.15, 0.2) is 91.1 Å². The Morgan fingerprint density at radius 1 is 0.830 bits per heavy atom. The van der Waals surface area contributed by atoms with E-state index in [-0.39, 0.29) is 6.04 Å². The van der Waals surface area contributed by atoms with Crippen LogP contribution < -0.4 is 9.47 Å². The lowest BCUT2D eigenvalue weighted by molar-refractivity contribution is -0.0562. The zero-order valence-electron chi connectivity index (χ0n) is 27.6. The second-order valence-corrected chi connectivity index (χ2v) is 12.9. The van der Waals surface area contributed by atoms with Crippen LogP contribution in [-0.4, -0.2) is 51.2 Å². The highest BCUT2D eigenvalue weighted by atomic mass is 16.5. The fourth-order valence-electron chi connectivity index (χ4n) is 7.56. The molecule has 1 unspecified atom stereocenters. The molecule has 3 aromatic carbocycles. The average molecular weight is 627 g/mol. The lowest BCUT2D eigenvalue weighted by Gasteiger charge is -2.51. The number of ether oxygens (including phenoxy) is 2. The fourth-order valence-corrected chi connectivity index (χ4v) is 7.56. The third kappa shape index (κ3) is 6.25. The largest absolute Gasteiger partial charge is 0.497 e. The summed E-state index contributed by atoms with van der Waals surface area (Å²) in [5.41, 5.74) is 6.03. The summed E-state index contributed by atoms with van der Waals surface area (Å²) in [5.74, 6) is 3.52. The predicted octanol–water partition coefficient (Wildman–Crippen LogP) is 8.59. The van der Waals surface area contributed by atoms with E-state index in [0.29, 0.717) is 11.8 Å². The van der Waals surface area contributed by atoms with Gasteiger partial charge in [-0.1, -0.05) is 49.7 Å². The molecule has 6 heterocycles. The zero-order valence-corrected chi connectivity index (χ0v) is 27.6. The molecule has 7 heteroatoms. The molecule has 3 aliphatic rings. The Morgan fingerprint density at radius 2 is 1.49 bits per heavy atom.